The van der Waals surface area contributed by atoms with Crippen LogP contribution < -0.4 is 15.0 Å². The van der Waals surface area contributed by atoms with Gasteiger partial charge >= 0.3 is 6.01 Å². The minimum Gasteiger partial charge on any atom is -0.508 e. The number of rotatable bonds is 6. The highest BCUT2D eigenvalue weighted by Gasteiger charge is 2.49. The molecule has 222 valence electrons. The Morgan fingerprint density at radius 1 is 1.26 bits per heavy atom. The lowest BCUT2D eigenvalue weighted by atomic mass is 9.92. The van der Waals surface area contributed by atoms with E-state index in [-0.39, 0.29) is 78.4 Å². The van der Waals surface area contributed by atoms with Crippen molar-refractivity contribution in [3.8, 4) is 23.0 Å². The van der Waals surface area contributed by atoms with E-state index in [9.17, 15) is 9.50 Å². The fourth-order valence-corrected chi connectivity index (χ4v) is 7.48. The number of halogens is 3. The highest BCUT2D eigenvalue weighted by molar-refractivity contribution is 5.92. The average molecular weight is 584 g/mol. The molecule has 1 saturated carbocycles. The van der Waals surface area contributed by atoms with Crippen LogP contribution in [0.25, 0.3) is 22.2 Å². The minimum absolute atomic E-state index is 0.0733. The Kier molecular flexibility index (Phi) is 5.36. The molecule has 6 atom stereocenters. The molecule has 2 N–H and O–H groups in total. The van der Waals surface area contributed by atoms with Gasteiger partial charge in [-0.15, -0.1) is 0 Å². The summed E-state index contributed by atoms with van der Waals surface area (Å²) in [7, 11) is 0. The molecule has 1 aromatic carbocycles. The van der Waals surface area contributed by atoms with Crippen molar-refractivity contribution >= 4 is 16.7 Å². The van der Waals surface area contributed by atoms with Gasteiger partial charge in [0.15, 0.2) is 5.82 Å². The van der Waals surface area contributed by atoms with Crippen molar-refractivity contribution in [1.82, 2.24) is 25.2 Å². The number of nitrogens with one attached hydrogen (secondary N) is 1. The number of hydrogen-bond acceptors (Lipinski definition) is 8. The van der Waals surface area contributed by atoms with Gasteiger partial charge in [0.25, 0.3) is 0 Å². The van der Waals surface area contributed by atoms with Crippen LogP contribution in [0.4, 0.5) is 19.0 Å². The summed E-state index contributed by atoms with van der Waals surface area (Å²) in [5.41, 5.74) is -0.782. The van der Waals surface area contributed by atoms with Crippen molar-refractivity contribution in [2.24, 2.45) is 5.92 Å². The predicted molar refractivity (Wildman–Crippen MR) is 152 cm³/mol. The van der Waals surface area contributed by atoms with E-state index in [1.807, 2.05) is 6.92 Å². The number of pyridine rings is 1. The highest BCUT2D eigenvalue weighted by atomic mass is 19.1. The average Bonchev–Trinajstić information content (AvgIpc) is 3.57. The van der Waals surface area contributed by atoms with Crippen LogP contribution in [0.1, 0.15) is 61.0 Å². The first-order valence-corrected chi connectivity index (χ1v) is 14.8. The SMILES string of the molecule is [2H]C1([2H])CC[C@@]2(COc3nc(N4CC5CCC4CN5)c4cnc(-c5cc(O)cc(F)c5[C@H]5C[C@H]5C)c(F)c4n3)C[C@@]([2H])(F)CN12. The van der Waals surface area contributed by atoms with E-state index in [4.69, 9.17) is 13.8 Å². The molecule has 2 aromatic heterocycles. The van der Waals surface area contributed by atoms with Gasteiger partial charge in [0.05, 0.1) is 12.3 Å². The first kappa shape index (κ1) is 23.3. The molecule has 9 rings (SSSR count). The molecule has 5 aliphatic heterocycles. The number of fused-ring (bicyclic) bond motifs is 5. The molecule has 0 radical (unpaired) electrons. The quantitative estimate of drug-likeness (QED) is 0.432. The molecule has 1 aliphatic carbocycles. The number of hydrogen-bond donors (Lipinski definition) is 2. The lowest BCUT2D eigenvalue weighted by Crippen LogP contribution is -2.61. The number of ether oxygens (including phenoxy) is 1. The summed E-state index contributed by atoms with van der Waals surface area (Å²) in [5, 5.41) is 14.1. The van der Waals surface area contributed by atoms with Crippen molar-refractivity contribution in [3.63, 3.8) is 0 Å². The van der Waals surface area contributed by atoms with Gasteiger partial charge in [-0.1, -0.05) is 6.92 Å². The van der Waals surface area contributed by atoms with Crippen LogP contribution in [0.5, 0.6) is 11.8 Å². The molecule has 2 bridgehead atoms. The van der Waals surface area contributed by atoms with Gasteiger partial charge < -0.3 is 20.1 Å². The summed E-state index contributed by atoms with van der Waals surface area (Å²) in [5.74, 6) is -1.20. The number of benzene rings is 1. The molecule has 11 heteroatoms. The zero-order valence-corrected chi connectivity index (χ0v) is 23.3. The zero-order chi connectivity index (χ0) is 31.5. The molecular formula is C31H35F3N6O2. The van der Waals surface area contributed by atoms with Crippen molar-refractivity contribution in [2.75, 3.05) is 37.6 Å². The molecule has 7 heterocycles. The van der Waals surface area contributed by atoms with Gasteiger partial charge in [0.1, 0.15) is 41.3 Å². The van der Waals surface area contributed by atoms with Gasteiger partial charge in [-0.3, -0.25) is 9.88 Å². The van der Waals surface area contributed by atoms with Crippen LogP contribution in [0.15, 0.2) is 18.3 Å². The van der Waals surface area contributed by atoms with E-state index in [0.29, 0.717) is 29.7 Å². The maximum absolute atomic E-state index is 16.7. The number of alkyl halides is 1. The van der Waals surface area contributed by atoms with Crippen LogP contribution in [0.2, 0.25) is 0 Å². The fourth-order valence-electron chi connectivity index (χ4n) is 7.48. The maximum atomic E-state index is 16.7. The Balaban J connectivity index is 1.24. The number of anilines is 1. The molecular weight excluding hydrogens is 545 g/mol. The standard InChI is InChI=1S/C31H35F3N6O2/c1-16-7-21(16)25-22(8-20(41)9-24(25)33)27-26(34)28-23(12-36-27)29(40-14-18-3-4-19(40)11-35-18)38-30(37-28)42-15-31-5-2-6-39(31)13-17(32)10-31/h8-9,12,16-19,21,35,41H,2-7,10-11,13-15H2,1H3/t16-,17-,18?,19?,21+,31+/m1/s1/i6D2,17D. The zero-order valence-electron chi connectivity index (χ0n) is 26.3. The van der Waals surface area contributed by atoms with Gasteiger partial charge in [-0.25, -0.2) is 13.2 Å². The van der Waals surface area contributed by atoms with Crippen molar-refractivity contribution < 1.29 is 27.1 Å². The Labute approximate surface area is 246 Å². The molecule has 5 saturated heterocycles. The maximum Gasteiger partial charge on any atom is 0.319 e. The topological polar surface area (TPSA) is 86.6 Å². The fraction of sp³-hybridized carbons (Fsp3) is 0.581. The second kappa shape index (κ2) is 9.67. The first-order valence-electron chi connectivity index (χ1n) is 16.3. The Hall–Kier alpha value is -3.18. The molecule has 8 nitrogen and oxygen atoms in total. The number of phenolic OH excluding ortho intramolecular Hbond substituents is 1. The smallest absolute Gasteiger partial charge is 0.319 e. The summed E-state index contributed by atoms with van der Waals surface area (Å²) in [6.07, 6.45) is 2.08. The molecule has 6 aliphatic rings. The number of piperidine rings is 2. The largest absolute Gasteiger partial charge is 0.508 e. The van der Waals surface area contributed by atoms with Gasteiger partial charge in [-0.05, 0) is 56.5 Å². The second-order valence-electron chi connectivity index (χ2n) is 12.7. The van der Waals surface area contributed by atoms with E-state index >= 15 is 8.78 Å². The molecule has 0 amide bonds. The van der Waals surface area contributed by atoms with Crippen LogP contribution in [0, 0.1) is 17.6 Å². The van der Waals surface area contributed by atoms with E-state index in [2.05, 4.69) is 20.2 Å². The molecule has 2 unspecified atom stereocenters. The number of aromatic hydroxyl groups is 1. The van der Waals surface area contributed by atoms with Crippen LogP contribution in [-0.2, 0) is 0 Å². The Morgan fingerprint density at radius 2 is 2.12 bits per heavy atom. The normalized spacial score (nSPS) is 36.1. The lowest BCUT2D eigenvalue weighted by Gasteiger charge is -2.46. The third-order valence-electron chi connectivity index (χ3n) is 9.90. The number of aromatic nitrogens is 3. The summed E-state index contributed by atoms with van der Waals surface area (Å²) in [6, 6.07) is 2.56. The monoisotopic (exact) mass is 583 g/mol. The van der Waals surface area contributed by atoms with E-state index < -0.39 is 29.8 Å². The number of phenols is 1. The highest BCUT2D eigenvalue weighted by Crippen LogP contribution is 2.52. The van der Waals surface area contributed by atoms with Crippen LogP contribution >= 0.6 is 0 Å². The first-order chi connectivity index (χ1) is 21.3. The third-order valence-corrected chi connectivity index (χ3v) is 9.90. The Morgan fingerprint density at radius 3 is 2.86 bits per heavy atom. The van der Waals surface area contributed by atoms with Crippen LogP contribution in [0.3, 0.4) is 0 Å². The summed E-state index contributed by atoms with van der Waals surface area (Å²) >= 11 is 0. The number of piperazine rings is 1. The third kappa shape index (κ3) is 4.22. The number of nitrogens with zero attached hydrogens (tertiary/aromatic N) is 5. The summed E-state index contributed by atoms with van der Waals surface area (Å²) in [4.78, 5) is 17.2. The van der Waals surface area contributed by atoms with Crippen LogP contribution in [-0.4, -0.2) is 81.5 Å². The molecule has 42 heavy (non-hydrogen) atoms. The van der Waals surface area contributed by atoms with E-state index in [1.54, 1.807) is 0 Å². The van der Waals surface area contributed by atoms with Gasteiger partial charge in [0.2, 0.25) is 0 Å². The van der Waals surface area contributed by atoms with E-state index in [1.165, 1.54) is 17.2 Å². The summed E-state index contributed by atoms with van der Waals surface area (Å²) < 4.78 is 77.7. The molecule has 6 fully saturated rings. The minimum atomic E-state index is -2.33. The molecule has 0 spiro atoms. The van der Waals surface area contributed by atoms with Gasteiger partial charge in [-0.2, -0.15) is 9.97 Å². The van der Waals surface area contributed by atoms with Gasteiger partial charge in [0, 0.05) is 64.3 Å². The lowest BCUT2D eigenvalue weighted by molar-refractivity contribution is 0.107. The predicted octanol–water partition coefficient (Wildman–Crippen LogP) is 4.69. The Bertz CT molecular complexity index is 1710. The van der Waals surface area contributed by atoms with E-state index in [0.717, 1.165) is 31.9 Å². The summed E-state index contributed by atoms with van der Waals surface area (Å²) in [6.45, 7) is 1.04. The second-order valence-corrected chi connectivity index (χ2v) is 12.7. The van der Waals surface area contributed by atoms with Crippen molar-refractivity contribution in [2.45, 2.75) is 75.1 Å². The molecule has 3 aromatic rings. The van der Waals surface area contributed by atoms with Crippen molar-refractivity contribution in [1.29, 1.82) is 0 Å². The van der Waals surface area contributed by atoms with Crippen molar-refractivity contribution in [3.05, 3.63) is 35.5 Å².